The Hall–Kier alpha value is -3.85. The van der Waals surface area contributed by atoms with Gasteiger partial charge in [0.05, 0.1) is 25.8 Å². The zero-order valence-electron chi connectivity index (χ0n) is 25.8. The van der Waals surface area contributed by atoms with Gasteiger partial charge in [-0.25, -0.2) is 8.78 Å². The van der Waals surface area contributed by atoms with Crippen molar-refractivity contribution in [2.45, 2.75) is 63.8 Å². The second-order valence-corrected chi connectivity index (χ2v) is 12.3. The molecule has 0 saturated carbocycles. The maximum atomic E-state index is 13.6. The molecule has 2 aromatic carbocycles. The highest BCUT2D eigenvalue weighted by Crippen LogP contribution is 2.26. The highest BCUT2D eigenvalue weighted by Gasteiger charge is 2.45. The van der Waals surface area contributed by atoms with Crippen molar-refractivity contribution >= 4 is 17.7 Å². The molecule has 3 aliphatic rings. The predicted molar refractivity (Wildman–Crippen MR) is 165 cm³/mol. The quantitative estimate of drug-likeness (QED) is 0.391. The van der Waals surface area contributed by atoms with Gasteiger partial charge in [0, 0.05) is 62.2 Å². The number of alkyl halides is 2. The molecule has 0 aliphatic carbocycles. The van der Waals surface area contributed by atoms with Gasteiger partial charge in [0.2, 0.25) is 17.7 Å². The molecule has 3 N–H and O–H groups in total. The van der Waals surface area contributed by atoms with Crippen molar-refractivity contribution in [3.05, 3.63) is 70.8 Å². The number of hydrogen-bond acceptors (Lipinski definition) is 6. The van der Waals surface area contributed by atoms with Crippen molar-refractivity contribution < 1.29 is 27.9 Å². The fraction of sp³-hybridized carbons (Fsp3) is 0.500. The summed E-state index contributed by atoms with van der Waals surface area (Å²) in [7, 11) is 0. The molecule has 3 fully saturated rings. The average molecular weight is 622 g/mol. The smallest absolute Gasteiger partial charge is 0.262 e. The van der Waals surface area contributed by atoms with Crippen molar-refractivity contribution in [3.8, 4) is 11.8 Å². The van der Waals surface area contributed by atoms with E-state index in [-0.39, 0.29) is 37.2 Å². The average Bonchev–Trinajstić information content (AvgIpc) is 3.63. The summed E-state index contributed by atoms with van der Waals surface area (Å²) in [6.07, 6.45) is -0.362. The number of morpholine rings is 1. The highest BCUT2D eigenvalue weighted by molar-refractivity contribution is 5.89. The Balaban J connectivity index is 1.13. The maximum absolute atomic E-state index is 13.6. The lowest BCUT2D eigenvalue weighted by molar-refractivity contribution is -0.140. The van der Waals surface area contributed by atoms with Crippen LogP contribution in [-0.2, 0) is 32.2 Å². The molecule has 11 heteroatoms. The summed E-state index contributed by atoms with van der Waals surface area (Å²) in [6.45, 7) is 7.72. The van der Waals surface area contributed by atoms with E-state index in [0.29, 0.717) is 0 Å². The Morgan fingerprint density at radius 3 is 2.18 bits per heavy atom. The van der Waals surface area contributed by atoms with Gasteiger partial charge in [-0.1, -0.05) is 50.0 Å². The number of ether oxygens (including phenoxy) is 1. The number of benzene rings is 2. The van der Waals surface area contributed by atoms with Gasteiger partial charge in [-0.3, -0.25) is 24.6 Å². The van der Waals surface area contributed by atoms with Crippen LogP contribution in [0.15, 0.2) is 48.5 Å². The molecule has 3 saturated heterocycles. The van der Waals surface area contributed by atoms with E-state index >= 15 is 0 Å². The number of amides is 3. The minimum Gasteiger partial charge on any atom is -0.379 e. The molecule has 3 heterocycles. The number of likely N-dealkylation sites (tertiary alicyclic amines) is 1. The molecule has 5 rings (SSSR count). The summed E-state index contributed by atoms with van der Waals surface area (Å²) in [5.41, 5.74) is 3.90. The van der Waals surface area contributed by atoms with Crippen LogP contribution in [0.3, 0.4) is 0 Å². The Morgan fingerprint density at radius 1 is 0.978 bits per heavy atom. The molecule has 0 bridgehead atoms. The van der Waals surface area contributed by atoms with E-state index in [2.05, 4.69) is 44.8 Å². The van der Waals surface area contributed by atoms with Crippen LogP contribution in [0.2, 0.25) is 0 Å². The standard InChI is InChI=1S/C34H41F2N5O4/c1-23(2)33(44)41-21-28(39-31(42)29-18-34(35,36)22-38-29)17-30(41)32(43)37-19-26-9-5-24(6-10-26)3-4-25-7-11-27(12-8-25)20-40-13-15-45-16-14-40/h5-12,23,28-30,38H,13-22H2,1-2H3,(H,37,43)(H,39,42)/t28-,29+,30-/m1/s1. The van der Waals surface area contributed by atoms with Crippen LogP contribution in [-0.4, -0.2) is 91.0 Å². The highest BCUT2D eigenvalue weighted by atomic mass is 19.3. The van der Waals surface area contributed by atoms with E-state index in [4.69, 9.17) is 4.74 Å². The Bertz CT molecular complexity index is 1410. The van der Waals surface area contributed by atoms with Gasteiger partial charge >= 0.3 is 0 Å². The van der Waals surface area contributed by atoms with Crippen molar-refractivity contribution in [2.75, 3.05) is 39.4 Å². The molecule has 3 amide bonds. The largest absolute Gasteiger partial charge is 0.379 e. The molecule has 240 valence electrons. The summed E-state index contributed by atoms with van der Waals surface area (Å²) in [5.74, 6) is 2.04. The number of carbonyl (C=O) groups excluding carboxylic acids is 3. The summed E-state index contributed by atoms with van der Waals surface area (Å²) < 4.78 is 32.5. The minimum absolute atomic E-state index is 0.147. The van der Waals surface area contributed by atoms with Crippen molar-refractivity contribution in [2.24, 2.45) is 5.92 Å². The van der Waals surface area contributed by atoms with Gasteiger partial charge < -0.3 is 20.3 Å². The molecular formula is C34H41F2N5O4. The normalized spacial score (nSPS) is 23.0. The van der Waals surface area contributed by atoms with Gasteiger partial charge in [0.1, 0.15) is 6.04 Å². The van der Waals surface area contributed by atoms with Crippen molar-refractivity contribution in [1.29, 1.82) is 0 Å². The third kappa shape index (κ3) is 8.87. The fourth-order valence-electron chi connectivity index (χ4n) is 5.84. The van der Waals surface area contributed by atoms with Crippen molar-refractivity contribution in [3.63, 3.8) is 0 Å². The molecular weight excluding hydrogens is 580 g/mol. The fourth-order valence-corrected chi connectivity index (χ4v) is 5.84. The first-order chi connectivity index (χ1) is 21.6. The third-order valence-electron chi connectivity index (χ3n) is 8.39. The summed E-state index contributed by atoms with van der Waals surface area (Å²) >= 11 is 0. The van der Waals surface area contributed by atoms with Crippen LogP contribution in [0.1, 0.15) is 48.9 Å². The van der Waals surface area contributed by atoms with E-state index < -0.39 is 42.9 Å². The monoisotopic (exact) mass is 621 g/mol. The second-order valence-electron chi connectivity index (χ2n) is 12.3. The maximum Gasteiger partial charge on any atom is 0.262 e. The number of nitrogens with one attached hydrogen (secondary N) is 3. The van der Waals surface area contributed by atoms with E-state index in [1.807, 2.05) is 36.4 Å². The molecule has 45 heavy (non-hydrogen) atoms. The first-order valence-corrected chi connectivity index (χ1v) is 15.6. The zero-order chi connectivity index (χ0) is 32.0. The summed E-state index contributed by atoms with van der Waals surface area (Å²) in [5, 5.41) is 8.22. The van der Waals surface area contributed by atoms with E-state index in [9.17, 15) is 23.2 Å². The molecule has 2 aromatic rings. The number of rotatable bonds is 8. The van der Waals surface area contributed by atoms with Gasteiger partial charge in [0.15, 0.2) is 0 Å². The first kappa shape index (κ1) is 32.5. The lowest BCUT2D eigenvalue weighted by Gasteiger charge is -2.26. The van der Waals surface area contributed by atoms with Crippen LogP contribution in [0.4, 0.5) is 8.78 Å². The van der Waals surface area contributed by atoms with Crippen LogP contribution in [0.25, 0.3) is 0 Å². The van der Waals surface area contributed by atoms with E-state index in [1.54, 1.807) is 13.8 Å². The van der Waals surface area contributed by atoms with Gasteiger partial charge in [-0.2, -0.15) is 0 Å². The van der Waals surface area contributed by atoms with Gasteiger partial charge in [-0.05, 0) is 41.8 Å². The van der Waals surface area contributed by atoms with Crippen molar-refractivity contribution in [1.82, 2.24) is 25.8 Å². The minimum atomic E-state index is -2.93. The second kappa shape index (κ2) is 14.5. The number of nitrogens with zero attached hydrogens (tertiary/aromatic N) is 2. The lowest BCUT2D eigenvalue weighted by atomic mass is 10.1. The first-order valence-electron chi connectivity index (χ1n) is 15.6. The van der Waals surface area contributed by atoms with Gasteiger partial charge in [-0.15, -0.1) is 0 Å². The molecule has 3 atom stereocenters. The predicted octanol–water partition coefficient (Wildman–Crippen LogP) is 2.27. The number of carbonyl (C=O) groups is 3. The van der Waals surface area contributed by atoms with Crippen LogP contribution >= 0.6 is 0 Å². The molecule has 0 aromatic heterocycles. The Labute approximate surface area is 263 Å². The molecule has 9 nitrogen and oxygen atoms in total. The van der Waals surface area contributed by atoms with Crippen LogP contribution in [0, 0.1) is 17.8 Å². The van der Waals surface area contributed by atoms with Crippen LogP contribution < -0.4 is 16.0 Å². The Morgan fingerprint density at radius 2 is 1.60 bits per heavy atom. The van der Waals surface area contributed by atoms with E-state index in [0.717, 1.165) is 49.5 Å². The number of hydrogen-bond donors (Lipinski definition) is 3. The lowest BCUT2D eigenvalue weighted by Crippen LogP contribution is -2.47. The SMILES string of the molecule is CC(C)C(=O)N1C[C@H](NC(=O)[C@@H]2CC(F)(F)CN2)C[C@@H]1C(=O)NCc1ccc(C#Cc2ccc(CN3CCOCC3)cc2)cc1. The molecule has 0 unspecified atom stereocenters. The van der Waals surface area contributed by atoms with E-state index in [1.165, 1.54) is 10.5 Å². The zero-order valence-corrected chi connectivity index (χ0v) is 25.8. The third-order valence-corrected chi connectivity index (χ3v) is 8.39. The molecule has 0 spiro atoms. The number of halogens is 2. The van der Waals surface area contributed by atoms with Crippen LogP contribution in [0.5, 0.6) is 0 Å². The summed E-state index contributed by atoms with van der Waals surface area (Å²) in [6, 6.07) is 13.6. The topological polar surface area (TPSA) is 103 Å². The van der Waals surface area contributed by atoms with Gasteiger partial charge in [0.25, 0.3) is 5.92 Å². The molecule has 3 aliphatic heterocycles. The summed E-state index contributed by atoms with van der Waals surface area (Å²) in [4.78, 5) is 42.6. The Kier molecular flexibility index (Phi) is 10.5. The molecule has 0 radical (unpaired) electrons.